The van der Waals surface area contributed by atoms with E-state index in [0.717, 1.165) is 38.5 Å². The highest BCUT2D eigenvalue weighted by Crippen LogP contribution is 2.27. The summed E-state index contributed by atoms with van der Waals surface area (Å²) in [5, 5.41) is 9.64. The van der Waals surface area contributed by atoms with Crippen molar-refractivity contribution in [3.05, 3.63) is 47.5 Å². The van der Waals surface area contributed by atoms with Gasteiger partial charge in [0.05, 0.1) is 11.6 Å². The molecule has 178 valence electrons. The number of carbonyl (C=O) groups is 3. The minimum absolute atomic E-state index is 0.00751. The van der Waals surface area contributed by atoms with Crippen molar-refractivity contribution in [1.82, 2.24) is 15.1 Å². The molecular formula is C24H32FN5O3. The number of carbonyl (C=O) groups excluding carboxylic acids is 3. The van der Waals surface area contributed by atoms with Gasteiger partial charge in [-0.15, -0.1) is 0 Å². The topological polar surface area (TPSA) is 119 Å². The van der Waals surface area contributed by atoms with Gasteiger partial charge in [-0.2, -0.15) is 5.10 Å². The first-order valence-electron chi connectivity index (χ1n) is 11.5. The molecule has 3 rings (SSSR count). The van der Waals surface area contributed by atoms with Gasteiger partial charge in [-0.3, -0.25) is 19.1 Å². The molecule has 0 aliphatic heterocycles. The van der Waals surface area contributed by atoms with Crippen LogP contribution in [0.4, 0.5) is 10.1 Å². The smallest absolute Gasteiger partial charge is 0.270 e. The van der Waals surface area contributed by atoms with E-state index in [1.807, 2.05) is 6.92 Å². The first-order chi connectivity index (χ1) is 15.8. The van der Waals surface area contributed by atoms with Crippen molar-refractivity contribution in [2.75, 3.05) is 5.32 Å². The molecule has 1 fully saturated rings. The van der Waals surface area contributed by atoms with Crippen LogP contribution in [0.2, 0.25) is 0 Å². The highest BCUT2D eigenvalue weighted by molar-refractivity contribution is 6.00. The maximum atomic E-state index is 14.7. The van der Waals surface area contributed by atoms with Crippen molar-refractivity contribution in [3.8, 4) is 0 Å². The number of halogens is 1. The Morgan fingerprint density at radius 1 is 1.18 bits per heavy atom. The predicted octanol–water partition coefficient (Wildman–Crippen LogP) is 3.34. The standard InChI is InChI=1S/C24H32FN5O3/c1-3-30-20(12-13-27-30)23(32)29-21(16-8-6-4-5-7-9-16)24(33)28-19-11-10-17(14-18(19)25)15(2)22(26)31/h10-16,21H,3-9H2,1-2H3,(H2,26,31)(H,28,33)(H,29,32)/t15-,21-/m0/s1. The number of aryl methyl sites for hydroxylation is 1. The predicted molar refractivity (Wildman–Crippen MR) is 123 cm³/mol. The van der Waals surface area contributed by atoms with Gasteiger partial charge in [0.2, 0.25) is 11.8 Å². The Kier molecular flexibility index (Phi) is 8.19. The highest BCUT2D eigenvalue weighted by atomic mass is 19.1. The van der Waals surface area contributed by atoms with E-state index < -0.39 is 29.6 Å². The van der Waals surface area contributed by atoms with Crippen molar-refractivity contribution in [2.45, 2.75) is 70.9 Å². The largest absolute Gasteiger partial charge is 0.369 e. The molecule has 1 aliphatic carbocycles. The molecule has 0 saturated heterocycles. The van der Waals surface area contributed by atoms with Crippen LogP contribution in [0.25, 0.3) is 0 Å². The molecule has 2 atom stereocenters. The van der Waals surface area contributed by atoms with Crippen LogP contribution in [0.15, 0.2) is 30.5 Å². The number of nitrogens with two attached hydrogens (primary N) is 1. The molecule has 0 unspecified atom stereocenters. The average molecular weight is 458 g/mol. The minimum atomic E-state index is -0.806. The van der Waals surface area contributed by atoms with Crippen LogP contribution in [0.3, 0.4) is 0 Å². The quantitative estimate of drug-likeness (QED) is 0.527. The SMILES string of the molecule is CCn1nccc1C(=O)N[C@H](C(=O)Nc1ccc([C@H](C)C(N)=O)cc1F)C1CCCCCC1. The fourth-order valence-corrected chi connectivity index (χ4v) is 4.31. The van der Waals surface area contributed by atoms with Gasteiger partial charge in [-0.25, -0.2) is 4.39 Å². The minimum Gasteiger partial charge on any atom is -0.369 e. The van der Waals surface area contributed by atoms with Crippen LogP contribution >= 0.6 is 0 Å². The Balaban J connectivity index is 1.81. The van der Waals surface area contributed by atoms with Crippen molar-refractivity contribution < 1.29 is 18.8 Å². The molecule has 1 heterocycles. The Morgan fingerprint density at radius 3 is 2.48 bits per heavy atom. The lowest BCUT2D eigenvalue weighted by molar-refractivity contribution is -0.120. The summed E-state index contributed by atoms with van der Waals surface area (Å²) in [6, 6.07) is 4.98. The van der Waals surface area contributed by atoms with Gasteiger partial charge in [0.1, 0.15) is 17.6 Å². The van der Waals surface area contributed by atoms with Crippen molar-refractivity contribution in [3.63, 3.8) is 0 Å². The number of rotatable bonds is 8. The van der Waals surface area contributed by atoms with Crippen LogP contribution in [0.1, 0.15) is 74.3 Å². The monoisotopic (exact) mass is 457 g/mol. The third-order valence-corrected chi connectivity index (χ3v) is 6.37. The Bertz CT molecular complexity index is 998. The molecule has 1 saturated carbocycles. The molecule has 0 spiro atoms. The number of amides is 3. The molecule has 1 aromatic heterocycles. The summed E-state index contributed by atoms with van der Waals surface area (Å²) in [5.41, 5.74) is 6.10. The lowest BCUT2D eigenvalue weighted by Gasteiger charge is -2.26. The van der Waals surface area contributed by atoms with Crippen LogP contribution in [0.5, 0.6) is 0 Å². The molecular weight excluding hydrogens is 425 g/mol. The Morgan fingerprint density at radius 2 is 1.88 bits per heavy atom. The molecule has 4 N–H and O–H groups in total. The highest BCUT2D eigenvalue weighted by Gasteiger charge is 2.32. The number of aromatic nitrogens is 2. The molecule has 2 aromatic rings. The van der Waals surface area contributed by atoms with Gasteiger partial charge in [0.25, 0.3) is 5.91 Å². The van der Waals surface area contributed by atoms with E-state index in [-0.39, 0.29) is 17.5 Å². The molecule has 3 amide bonds. The molecule has 8 nitrogen and oxygen atoms in total. The molecule has 0 radical (unpaired) electrons. The number of hydrogen-bond donors (Lipinski definition) is 3. The summed E-state index contributed by atoms with van der Waals surface area (Å²) in [5.74, 6) is -2.77. The summed E-state index contributed by atoms with van der Waals surface area (Å²) in [7, 11) is 0. The zero-order chi connectivity index (χ0) is 24.0. The maximum absolute atomic E-state index is 14.7. The van der Waals surface area contributed by atoms with E-state index in [0.29, 0.717) is 17.8 Å². The number of anilines is 1. The second-order valence-electron chi connectivity index (χ2n) is 8.59. The number of hydrogen-bond acceptors (Lipinski definition) is 4. The lowest BCUT2D eigenvalue weighted by Crippen LogP contribution is -2.49. The molecule has 33 heavy (non-hydrogen) atoms. The first-order valence-corrected chi connectivity index (χ1v) is 11.5. The number of primary amides is 1. The van der Waals surface area contributed by atoms with Crippen molar-refractivity contribution in [2.24, 2.45) is 11.7 Å². The third-order valence-electron chi connectivity index (χ3n) is 6.37. The van der Waals surface area contributed by atoms with E-state index in [1.165, 1.54) is 12.1 Å². The fourth-order valence-electron chi connectivity index (χ4n) is 4.31. The average Bonchev–Trinajstić information content (AvgIpc) is 3.12. The number of benzene rings is 1. The van der Waals surface area contributed by atoms with Crippen LogP contribution in [-0.2, 0) is 16.1 Å². The summed E-state index contributed by atoms with van der Waals surface area (Å²) in [4.78, 5) is 37.6. The lowest BCUT2D eigenvalue weighted by atomic mass is 9.90. The summed E-state index contributed by atoms with van der Waals surface area (Å²) in [6.07, 6.45) is 7.30. The zero-order valence-corrected chi connectivity index (χ0v) is 19.1. The summed E-state index contributed by atoms with van der Waals surface area (Å²) in [6.45, 7) is 4.00. The zero-order valence-electron chi connectivity index (χ0n) is 19.1. The normalized spacial score (nSPS) is 16.5. The molecule has 1 aliphatic rings. The Labute approximate surface area is 193 Å². The van der Waals surface area contributed by atoms with E-state index in [1.54, 1.807) is 29.9 Å². The fraction of sp³-hybridized carbons (Fsp3) is 0.500. The summed E-state index contributed by atoms with van der Waals surface area (Å²) < 4.78 is 16.3. The molecule has 0 bridgehead atoms. The van der Waals surface area contributed by atoms with Gasteiger partial charge < -0.3 is 16.4 Å². The van der Waals surface area contributed by atoms with Gasteiger partial charge in [0.15, 0.2) is 0 Å². The number of nitrogens with one attached hydrogen (secondary N) is 2. The van der Waals surface area contributed by atoms with Gasteiger partial charge in [0, 0.05) is 12.7 Å². The van der Waals surface area contributed by atoms with E-state index in [9.17, 15) is 18.8 Å². The number of nitrogens with zero attached hydrogens (tertiary/aromatic N) is 2. The molecule has 9 heteroatoms. The second-order valence-corrected chi connectivity index (χ2v) is 8.59. The van der Waals surface area contributed by atoms with Gasteiger partial charge in [-0.1, -0.05) is 31.7 Å². The van der Waals surface area contributed by atoms with Gasteiger partial charge in [-0.05, 0) is 56.4 Å². The van der Waals surface area contributed by atoms with Crippen molar-refractivity contribution >= 4 is 23.4 Å². The van der Waals surface area contributed by atoms with Crippen LogP contribution in [0, 0.1) is 11.7 Å². The third kappa shape index (κ3) is 5.97. The molecule has 1 aromatic carbocycles. The van der Waals surface area contributed by atoms with E-state index >= 15 is 0 Å². The maximum Gasteiger partial charge on any atom is 0.270 e. The summed E-state index contributed by atoms with van der Waals surface area (Å²) >= 11 is 0. The Hall–Kier alpha value is -3.23. The van der Waals surface area contributed by atoms with Crippen molar-refractivity contribution in [1.29, 1.82) is 0 Å². The first kappa shape index (κ1) is 24.4. The van der Waals surface area contributed by atoms with E-state index in [2.05, 4.69) is 15.7 Å². The van der Waals surface area contributed by atoms with Crippen LogP contribution in [-0.4, -0.2) is 33.5 Å². The van der Waals surface area contributed by atoms with Crippen LogP contribution < -0.4 is 16.4 Å². The second kappa shape index (κ2) is 11.1. The van der Waals surface area contributed by atoms with Gasteiger partial charge >= 0.3 is 0 Å². The van der Waals surface area contributed by atoms with E-state index in [4.69, 9.17) is 5.73 Å².